The van der Waals surface area contributed by atoms with Gasteiger partial charge >= 0.3 is 0 Å². The van der Waals surface area contributed by atoms with Crippen LogP contribution in [-0.2, 0) is 0 Å². The molecule has 0 amide bonds. The Morgan fingerprint density at radius 1 is 1.67 bits per heavy atom. The normalized spacial score (nSPS) is 24.7. The molecule has 1 heterocycles. The zero-order chi connectivity index (χ0) is 10.8. The number of ether oxygens (including phenoxy) is 1. The number of nitrogens with one attached hydrogen (secondary N) is 1. The molecule has 82 valence electrons. The largest absolute Gasteiger partial charge is 0.473 e. The lowest BCUT2D eigenvalue weighted by Gasteiger charge is -2.34. The van der Waals surface area contributed by atoms with Gasteiger partial charge in [-0.1, -0.05) is 11.6 Å². The van der Waals surface area contributed by atoms with E-state index in [2.05, 4.69) is 9.97 Å². The summed E-state index contributed by atoms with van der Waals surface area (Å²) in [6.45, 7) is 0.677. The van der Waals surface area contributed by atoms with Crippen LogP contribution in [0.4, 0.5) is 0 Å². The summed E-state index contributed by atoms with van der Waals surface area (Å²) < 4.78 is 5.48. The smallest absolute Gasteiger partial charge is 0.273 e. The van der Waals surface area contributed by atoms with Crippen molar-refractivity contribution in [1.29, 1.82) is 0 Å². The molecule has 5 nitrogen and oxygen atoms in total. The Morgan fingerprint density at radius 2 is 2.40 bits per heavy atom. The highest BCUT2D eigenvalue weighted by Crippen LogP contribution is 2.31. The van der Waals surface area contributed by atoms with Crippen LogP contribution in [-0.4, -0.2) is 22.6 Å². The molecule has 0 spiro atoms. The molecule has 0 saturated heterocycles. The number of halogens is 1. The van der Waals surface area contributed by atoms with E-state index in [1.54, 1.807) is 0 Å². The van der Waals surface area contributed by atoms with E-state index < -0.39 is 0 Å². The SMILES string of the molecule is NCC1CC(Oc2nc[nH]c(=O)c2Cl)C1. The molecule has 1 fully saturated rings. The summed E-state index contributed by atoms with van der Waals surface area (Å²) in [5.41, 5.74) is 5.11. The molecule has 1 aliphatic carbocycles. The zero-order valence-electron chi connectivity index (χ0n) is 8.07. The molecular weight excluding hydrogens is 218 g/mol. The Kier molecular flexibility index (Phi) is 2.93. The van der Waals surface area contributed by atoms with Crippen LogP contribution in [0.3, 0.4) is 0 Å². The van der Waals surface area contributed by atoms with E-state index in [4.69, 9.17) is 22.1 Å². The average Bonchev–Trinajstić information content (AvgIpc) is 2.17. The topological polar surface area (TPSA) is 81.0 Å². The second-order valence-corrected chi connectivity index (χ2v) is 4.04. The van der Waals surface area contributed by atoms with Gasteiger partial charge in [0.15, 0.2) is 5.02 Å². The lowest BCUT2D eigenvalue weighted by molar-refractivity contribution is 0.0647. The zero-order valence-corrected chi connectivity index (χ0v) is 8.83. The molecule has 0 aromatic carbocycles. The van der Waals surface area contributed by atoms with E-state index in [1.165, 1.54) is 6.33 Å². The van der Waals surface area contributed by atoms with Crippen LogP contribution in [0.1, 0.15) is 12.8 Å². The monoisotopic (exact) mass is 229 g/mol. The Labute approximate surface area is 91.6 Å². The highest BCUT2D eigenvalue weighted by atomic mass is 35.5. The van der Waals surface area contributed by atoms with Gasteiger partial charge in [0.2, 0.25) is 5.88 Å². The van der Waals surface area contributed by atoms with Crippen molar-refractivity contribution < 1.29 is 4.74 Å². The van der Waals surface area contributed by atoms with Gasteiger partial charge in [0.05, 0.1) is 6.33 Å². The van der Waals surface area contributed by atoms with Gasteiger partial charge in [0, 0.05) is 0 Å². The lowest BCUT2D eigenvalue weighted by atomic mass is 9.82. The van der Waals surface area contributed by atoms with Crippen LogP contribution in [0.15, 0.2) is 11.1 Å². The predicted octanol–water partition coefficient (Wildman–Crippen LogP) is 0.539. The van der Waals surface area contributed by atoms with E-state index >= 15 is 0 Å². The summed E-state index contributed by atoms with van der Waals surface area (Å²) >= 11 is 5.73. The predicted molar refractivity (Wildman–Crippen MR) is 56.1 cm³/mol. The third kappa shape index (κ3) is 2.13. The minimum Gasteiger partial charge on any atom is -0.473 e. The number of nitrogens with two attached hydrogens (primary N) is 1. The van der Waals surface area contributed by atoms with Gasteiger partial charge in [-0.3, -0.25) is 4.79 Å². The van der Waals surface area contributed by atoms with Gasteiger partial charge in [0.1, 0.15) is 6.10 Å². The van der Waals surface area contributed by atoms with Crippen molar-refractivity contribution in [2.75, 3.05) is 6.54 Å². The van der Waals surface area contributed by atoms with Gasteiger partial charge in [0.25, 0.3) is 5.56 Å². The molecule has 0 aliphatic heterocycles. The minimum atomic E-state index is -0.378. The molecule has 0 bridgehead atoms. The highest BCUT2D eigenvalue weighted by Gasteiger charge is 2.30. The average molecular weight is 230 g/mol. The van der Waals surface area contributed by atoms with Crippen LogP contribution in [0, 0.1) is 5.92 Å². The van der Waals surface area contributed by atoms with E-state index in [0.29, 0.717) is 12.5 Å². The van der Waals surface area contributed by atoms with Crippen molar-refractivity contribution in [3.8, 4) is 5.88 Å². The number of hydrogen-bond donors (Lipinski definition) is 2. The molecule has 0 radical (unpaired) electrons. The van der Waals surface area contributed by atoms with Crippen LogP contribution in [0.2, 0.25) is 5.02 Å². The summed E-state index contributed by atoms with van der Waals surface area (Å²) in [6, 6.07) is 0. The number of nitrogens with zero attached hydrogens (tertiary/aromatic N) is 1. The molecule has 0 unspecified atom stereocenters. The first-order chi connectivity index (χ1) is 7.20. The molecule has 1 saturated carbocycles. The van der Waals surface area contributed by atoms with Gasteiger partial charge in [-0.15, -0.1) is 0 Å². The maximum atomic E-state index is 11.1. The van der Waals surface area contributed by atoms with Crippen molar-refractivity contribution in [2.24, 2.45) is 11.7 Å². The van der Waals surface area contributed by atoms with Gasteiger partial charge < -0.3 is 15.5 Å². The fraction of sp³-hybridized carbons (Fsp3) is 0.556. The molecule has 3 N–H and O–H groups in total. The van der Waals surface area contributed by atoms with Crippen molar-refractivity contribution in [3.63, 3.8) is 0 Å². The molecule has 15 heavy (non-hydrogen) atoms. The van der Waals surface area contributed by atoms with Gasteiger partial charge in [-0.05, 0) is 25.3 Å². The van der Waals surface area contributed by atoms with Crippen LogP contribution in [0.5, 0.6) is 5.88 Å². The highest BCUT2D eigenvalue weighted by molar-refractivity contribution is 6.31. The third-order valence-electron chi connectivity index (χ3n) is 2.57. The lowest BCUT2D eigenvalue weighted by Crippen LogP contribution is -2.38. The molecule has 1 aromatic heterocycles. The third-order valence-corrected chi connectivity index (χ3v) is 2.90. The summed E-state index contributed by atoms with van der Waals surface area (Å²) in [5, 5.41) is 0.00805. The van der Waals surface area contributed by atoms with Crippen molar-refractivity contribution in [3.05, 3.63) is 21.7 Å². The molecular formula is C9H12ClN3O2. The Balaban J connectivity index is 2.00. The van der Waals surface area contributed by atoms with Crippen LogP contribution >= 0.6 is 11.6 Å². The van der Waals surface area contributed by atoms with E-state index in [0.717, 1.165) is 12.8 Å². The number of aromatic amines is 1. The molecule has 1 aliphatic rings. The Morgan fingerprint density at radius 3 is 3.07 bits per heavy atom. The van der Waals surface area contributed by atoms with Crippen LogP contribution in [0.25, 0.3) is 0 Å². The van der Waals surface area contributed by atoms with E-state index in [1.807, 2.05) is 0 Å². The Hall–Kier alpha value is -1.07. The summed E-state index contributed by atoms with van der Waals surface area (Å²) in [4.78, 5) is 17.4. The molecule has 6 heteroatoms. The number of rotatable bonds is 3. The summed E-state index contributed by atoms with van der Waals surface area (Å²) in [7, 11) is 0. The molecule has 0 atom stereocenters. The van der Waals surface area contributed by atoms with E-state index in [9.17, 15) is 4.79 Å². The molecule has 1 aromatic rings. The summed E-state index contributed by atoms with van der Waals surface area (Å²) in [5.74, 6) is 0.733. The molecule has 2 rings (SSSR count). The standard InChI is InChI=1S/C9H12ClN3O2/c10-7-8(14)12-4-13-9(7)15-6-1-5(2-6)3-11/h4-6H,1-3,11H2,(H,12,13,14). The summed E-state index contributed by atoms with van der Waals surface area (Å²) in [6.07, 6.45) is 3.18. The maximum Gasteiger partial charge on any atom is 0.273 e. The maximum absolute atomic E-state index is 11.1. The van der Waals surface area contributed by atoms with Crippen molar-refractivity contribution in [2.45, 2.75) is 18.9 Å². The first kappa shape index (κ1) is 10.4. The first-order valence-corrected chi connectivity index (χ1v) is 5.18. The van der Waals surface area contributed by atoms with Crippen LogP contribution < -0.4 is 16.0 Å². The second kappa shape index (κ2) is 4.20. The fourth-order valence-corrected chi connectivity index (χ4v) is 1.72. The second-order valence-electron chi connectivity index (χ2n) is 3.66. The fourth-order valence-electron chi connectivity index (χ4n) is 1.57. The number of hydrogen-bond acceptors (Lipinski definition) is 4. The van der Waals surface area contributed by atoms with E-state index in [-0.39, 0.29) is 22.6 Å². The minimum absolute atomic E-state index is 0.00805. The van der Waals surface area contributed by atoms with Gasteiger partial charge in [-0.25, -0.2) is 4.98 Å². The number of aromatic nitrogens is 2. The van der Waals surface area contributed by atoms with Crippen molar-refractivity contribution in [1.82, 2.24) is 9.97 Å². The quantitative estimate of drug-likeness (QED) is 0.793. The van der Waals surface area contributed by atoms with Crippen molar-refractivity contribution >= 4 is 11.6 Å². The number of H-pyrrole nitrogens is 1. The first-order valence-electron chi connectivity index (χ1n) is 4.80. The Bertz CT molecular complexity index is 401. The van der Waals surface area contributed by atoms with Gasteiger partial charge in [-0.2, -0.15) is 0 Å².